The summed E-state index contributed by atoms with van der Waals surface area (Å²) in [4.78, 5) is 4.52. The van der Waals surface area contributed by atoms with Crippen molar-refractivity contribution in [1.29, 1.82) is 0 Å². The van der Waals surface area contributed by atoms with Crippen LogP contribution in [0.1, 0.15) is 56.8 Å². The molecule has 1 heterocycles. The molecule has 0 bridgehead atoms. The van der Waals surface area contributed by atoms with Gasteiger partial charge in [-0.2, -0.15) is 16.7 Å². The Morgan fingerprint density at radius 3 is 2.80 bits per heavy atom. The summed E-state index contributed by atoms with van der Waals surface area (Å²) >= 11 is 1.77. The number of thioether (sulfide) groups is 1. The molecule has 0 unspecified atom stereocenters. The van der Waals surface area contributed by atoms with Crippen molar-refractivity contribution in [3.05, 3.63) is 11.7 Å². The Bertz CT molecular complexity index is 416. The van der Waals surface area contributed by atoms with Crippen LogP contribution < -0.4 is 5.73 Å². The van der Waals surface area contributed by atoms with Crippen molar-refractivity contribution in [3.63, 3.8) is 0 Å². The van der Waals surface area contributed by atoms with E-state index in [9.17, 15) is 0 Å². The first-order chi connectivity index (χ1) is 9.61. The summed E-state index contributed by atoms with van der Waals surface area (Å²) in [6.45, 7) is 2.28. The minimum Gasteiger partial charge on any atom is -0.370 e. The van der Waals surface area contributed by atoms with Crippen LogP contribution in [0.25, 0.3) is 0 Å². The van der Waals surface area contributed by atoms with Crippen LogP contribution in [0.15, 0.2) is 4.52 Å². The molecule has 0 aliphatic heterocycles. The molecule has 20 heavy (non-hydrogen) atoms. The van der Waals surface area contributed by atoms with Crippen molar-refractivity contribution < 1.29 is 9.26 Å². The number of aromatic nitrogens is 2. The molecule has 1 saturated carbocycles. The molecule has 1 aliphatic carbocycles. The third-order valence-corrected chi connectivity index (χ3v) is 4.92. The Kier molecular flexibility index (Phi) is 5.46. The molecule has 1 atom stereocenters. The maximum absolute atomic E-state index is 6.08. The molecular weight excluding hydrogens is 274 g/mol. The van der Waals surface area contributed by atoms with E-state index in [-0.39, 0.29) is 11.6 Å². The number of nitrogens with zero attached hydrogens (tertiary/aromatic N) is 2. The quantitative estimate of drug-likeness (QED) is 0.870. The van der Waals surface area contributed by atoms with Crippen LogP contribution in [0.3, 0.4) is 0 Å². The Morgan fingerprint density at radius 2 is 2.20 bits per heavy atom. The van der Waals surface area contributed by atoms with E-state index in [0.29, 0.717) is 11.7 Å². The second-order valence-corrected chi connectivity index (χ2v) is 6.71. The van der Waals surface area contributed by atoms with Gasteiger partial charge < -0.3 is 15.0 Å². The predicted octanol–water partition coefficient (Wildman–Crippen LogP) is 2.87. The van der Waals surface area contributed by atoms with Gasteiger partial charge in [0.1, 0.15) is 5.60 Å². The van der Waals surface area contributed by atoms with E-state index in [2.05, 4.69) is 23.3 Å². The molecule has 5 nitrogen and oxygen atoms in total. The normalized spacial score (nSPS) is 28.5. The highest BCUT2D eigenvalue weighted by Gasteiger charge is 2.40. The molecule has 1 aromatic rings. The first-order valence-corrected chi connectivity index (χ1v) is 8.64. The molecule has 0 spiro atoms. The summed E-state index contributed by atoms with van der Waals surface area (Å²) in [5.41, 5.74) is 5.70. The fraction of sp³-hybridized carbons (Fsp3) is 0.857. The van der Waals surface area contributed by atoms with E-state index in [4.69, 9.17) is 15.0 Å². The third-order valence-electron chi connectivity index (χ3n) is 4.27. The smallest absolute Gasteiger partial charge is 0.243 e. The molecule has 1 fully saturated rings. The lowest BCUT2D eigenvalue weighted by molar-refractivity contribution is -0.0609. The molecular formula is C14H25N3O2S. The average molecular weight is 299 g/mol. The second-order valence-electron chi connectivity index (χ2n) is 5.73. The summed E-state index contributed by atoms with van der Waals surface area (Å²) in [7, 11) is 1.74. The van der Waals surface area contributed by atoms with Gasteiger partial charge in [0.2, 0.25) is 11.7 Å². The Balaban J connectivity index is 2.10. The van der Waals surface area contributed by atoms with Crippen LogP contribution in [0.2, 0.25) is 0 Å². The minimum absolute atomic E-state index is 0.180. The molecule has 0 amide bonds. The number of methoxy groups -OCH3 is 1. The van der Waals surface area contributed by atoms with Crippen LogP contribution in [0.5, 0.6) is 0 Å². The molecule has 1 aromatic heterocycles. The van der Waals surface area contributed by atoms with E-state index in [1.165, 1.54) is 0 Å². The molecule has 0 saturated heterocycles. The standard InChI is InChI=1S/C14H25N3O2S/c1-10-4-7-14(18-2,8-5-10)13-16-12(19-17-13)11(15)6-9-20-3/h10-11H,4-9,15H2,1-3H3/t10?,11-,14?/m0/s1. The van der Waals surface area contributed by atoms with Gasteiger partial charge in [-0.3, -0.25) is 0 Å². The first kappa shape index (κ1) is 15.8. The lowest BCUT2D eigenvalue weighted by Crippen LogP contribution is -2.34. The lowest BCUT2D eigenvalue weighted by atomic mass is 9.79. The molecule has 2 rings (SSSR count). The van der Waals surface area contributed by atoms with E-state index >= 15 is 0 Å². The number of ether oxygens (including phenoxy) is 1. The van der Waals surface area contributed by atoms with Gasteiger partial charge >= 0.3 is 0 Å². The maximum atomic E-state index is 6.08. The molecule has 1 aliphatic rings. The highest BCUT2D eigenvalue weighted by atomic mass is 32.2. The van der Waals surface area contributed by atoms with E-state index in [0.717, 1.165) is 43.8 Å². The highest BCUT2D eigenvalue weighted by Crippen LogP contribution is 2.40. The summed E-state index contributed by atoms with van der Waals surface area (Å²) in [6.07, 6.45) is 7.08. The fourth-order valence-corrected chi connectivity index (χ4v) is 3.18. The van der Waals surface area contributed by atoms with Crippen molar-refractivity contribution in [1.82, 2.24) is 10.1 Å². The molecule has 0 radical (unpaired) electrons. The highest BCUT2D eigenvalue weighted by molar-refractivity contribution is 7.98. The van der Waals surface area contributed by atoms with Crippen molar-refractivity contribution in [2.45, 2.75) is 50.7 Å². The zero-order valence-corrected chi connectivity index (χ0v) is 13.4. The van der Waals surface area contributed by atoms with E-state index in [1.54, 1.807) is 18.9 Å². The zero-order chi connectivity index (χ0) is 14.6. The van der Waals surface area contributed by atoms with E-state index < -0.39 is 0 Å². The Labute approximate surface area is 125 Å². The average Bonchev–Trinajstić information content (AvgIpc) is 2.96. The maximum Gasteiger partial charge on any atom is 0.243 e. The molecule has 114 valence electrons. The Hall–Kier alpha value is -0.590. The number of nitrogens with two attached hydrogens (primary N) is 1. The Morgan fingerprint density at radius 1 is 1.50 bits per heavy atom. The molecule has 0 aromatic carbocycles. The van der Waals surface area contributed by atoms with Gasteiger partial charge in [-0.15, -0.1) is 0 Å². The summed E-state index contributed by atoms with van der Waals surface area (Å²) in [6, 6.07) is -0.180. The third kappa shape index (κ3) is 3.35. The monoisotopic (exact) mass is 299 g/mol. The largest absolute Gasteiger partial charge is 0.370 e. The van der Waals surface area contributed by atoms with E-state index in [1.807, 2.05) is 0 Å². The van der Waals surface area contributed by atoms with Gasteiger partial charge in [0.05, 0.1) is 6.04 Å². The molecule has 2 N–H and O–H groups in total. The van der Waals surface area contributed by atoms with Crippen LogP contribution in [-0.4, -0.2) is 29.3 Å². The number of hydrogen-bond acceptors (Lipinski definition) is 6. The first-order valence-electron chi connectivity index (χ1n) is 7.25. The van der Waals surface area contributed by atoms with Crippen molar-refractivity contribution >= 4 is 11.8 Å². The van der Waals surface area contributed by atoms with Gasteiger partial charge in [-0.25, -0.2) is 0 Å². The topological polar surface area (TPSA) is 74.2 Å². The fourth-order valence-electron chi connectivity index (χ4n) is 2.69. The summed E-state index contributed by atoms with van der Waals surface area (Å²) < 4.78 is 11.1. The van der Waals surface area contributed by atoms with Gasteiger partial charge in [-0.05, 0) is 50.0 Å². The summed E-state index contributed by atoms with van der Waals surface area (Å²) in [5, 5.41) is 4.14. The van der Waals surface area contributed by atoms with Crippen molar-refractivity contribution in [2.24, 2.45) is 11.7 Å². The number of rotatable bonds is 6. The zero-order valence-electron chi connectivity index (χ0n) is 12.6. The van der Waals surface area contributed by atoms with Gasteiger partial charge in [0.25, 0.3) is 0 Å². The van der Waals surface area contributed by atoms with Crippen LogP contribution in [0.4, 0.5) is 0 Å². The van der Waals surface area contributed by atoms with Gasteiger partial charge in [-0.1, -0.05) is 12.1 Å². The number of hydrogen-bond donors (Lipinski definition) is 1. The lowest BCUT2D eigenvalue weighted by Gasteiger charge is -2.35. The van der Waals surface area contributed by atoms with Crippen LogP contribution in [-0.2, 0) is 10.3 Å². The van der Waals surface area contributed by atoms with Crippen LogP contribution in [0, 0.1) is 5.92 Å². The van der Waals surface area contributed by atoms with Crippen molar-refractivity contribution in [2.75, 3.05) is 19.1 Å². The van der Waals surface area contributed by atoms with Crippen LogP contribution >= 0.6 is 11.8 Å². The van der Waals surface area contributed by atoms with Gasteiger partial charge in [0.15, 0.2) is 0 Å². The SMILES string of the molecule is COC1(c2noc([C@@H](N)CCSC)n2)CCC(C)CC1. The van der Waals surface area contributed by atoms with Gasteiger partial charge in [0, 0.05) is 7.11 Å². The molecule has 6 heteroatoms. The van der Waals surface area contributed by atoms with Crippen molar-refractivity contribution in [3.8, 4) is 0 Å². The minimum atomic E-state index is -0.381. The second kappa shape index (κ2) is 6.91. The predicted molar refractivity (Wildman–Crippen MR) is 80.5 cm³/mol. The summed E-state index contributed by atoms with van der Waals surface area (Å²) in [5.74, 6) is 2.94.